The van der Waals surface area contributed by atoms with Crippen molar-refractivity contribution in [2.75, 3.05) is 0 Å². The molecule has 0 aliphatic rings. The summed E-state index contributed by atoms with van der Waals surface area (Å²) in [4.78, 5) is 23.8. The number of hydrogen-bond acceptors (Lipinski definition) is 2. The molecular weight excluding hydrogens is 331 g/mol. The number of fused-ring (bicyclic) bond motifs is 1. The van der Waals surface area contributed by atoms with Crippen LogP contribution in [0.2, 0.25) is 0 Å². The fourth-order valence-electron chi connectivity index (χ4n) is 2.58. The lowest BCUT2D eigenvalue weighted by molar-refractivity contribution is -0.126. The maximum Gasteiger partial charge on any atom is 0.262 e. The average Bonchev–Trinajstić information content (AvgIpc) is 2.66. The van der Waals surface area contributed by atoms with Crippen LogP contribution in [0.25, 0.3) is 16.8 Å². The summed E-state index contributed by atoms with van der Waals surface area (Å²) in [5.74, 6) is -1.13. The van der Waals surface area contributed by atoms with E-state index in [0.29, 0.717) is 5.56 Å². The zero-order valence-electron chi connectivity index (χ0n) is 13.9. The summed E-state index contributed by atoms with van der Waals surface area (Å²) in [6.45, 7) is 0. The zero-order valence-corrected chi connectivity index (χ0v) is 13.9. The van der Waals surface area contributed by atoms with Crippen LogP contribution in [0, 0.1) is 5.82 Å². The van der Waals surface area contributed by atoms with E-state index in [2.05, 4.69) is 10.9 Å². The predicted octanol–water partition coefficient (Wildman–Crippen LogP) is 3.38. The molecule has 0 radical (unpaired) electrons. The number of carbonyl (C=O) groups is 2. The van der Waals surface area contributed by atoms with Gasteiger partial charge >= 0.3 is 0 Å². The Kier molecular flexibility index (Phi) is 5.39. The summed E-state index contributed by atoms with van der Waals surface area (Å²) >= 11 is 0. The van der Waals surface area contributed by atoms with Crippen LogP contribution in [0.15, 0.2) is 72.8 Å². The third-order valence-electron chi connectivity index (χ3n) is 3.85. The molecule has 0 aliphatic heterocycles. The summed E-state index contributed by atoms with van der Waals surface area (Å²) in [6, 6.07) is 19.3. The van der Waals surface area contributed by atoms with E-state index in [0.717, 1.165) is 16.3 Å². The van der Waals surface area contributed by atoms with Crippen LogP contribution < -0.4 is 10.9 Å². The normalized spacial score (nSPS) is 10.8. The highest BCUT2D eigenvalue weighted by atomic mass is 19.1. The number of halogens is 1. The lowest BCUT2D eigenvalue weighted by Crippen LogP contribution is -2.41. The summed E-state index contributed by atoms with van der Waals surface area (Å²) in [5.41, 5.74) is 6.29. The molecule has 2 N–H and O–H groups in total. The Balaban J connectivity index is 1.55. The number of nitrogens with one attached hydrogen (secondary N) is 2. The van der Waals surface area contributed by atoms with Gasteiger partial charge in [-0.25, -0.2) is 4.39 Å². The lowest BCUT2D eigenvalue weighted by atomic mass is 10.0. The highest BCUT2D eigenvalue weighted by molar-refractivity contribution is 5.94. The maximum atomic E-state index is 12.8. The van der Waals surface area contributed by atoms with Gasteiger partial charge in [-0.3, -0.25) is 20.4 Å². The second-order valence-electron chi connectivity index (χ2n) is 5.74. The van der Waals surface area contributed by atoms with Crippen molar-refractivity contribution in [2.24, 2.45) is 0 Å². The molecule has 3 rings (SSSR count). The molecule has 0 heterocycles. The minimum Gasteiger partial charge on any atom is -0.273 e. The van der Waals surface area contributed by atoms with Crippen LogP contribution in [0.1, 0.15) is 11.1 Å². The van der Waals surface area contributed by atoms with Gasteiger partial charge in [-0.1, -0.05) is 54.6 Å². The molecule has 0 aromatic heterocycles. The van der Waals surface area contributed by atoms with Crippen LogP contribution in [0.4, 0.5) is 4.39 Å². The molecule has 3 aromatic rings. The third-order valence-corrected chi connectivity index (χ3v) is 3.85. The van der Waals surface area contributed by atoms with Crippen LogP contribution >= 0.6 is 0 Å². The predicted molar refractivity (Wildman–Crippen MR) is 99.4 cm³/mol. The Morgan fingerprint density at radius 2 is 1.62 bits per heavy atom. The van der Waals surface area contributed by atoms with Gasteiger partial charge in [0.1, 0.15) is 5.82 Å². The number of rotatable bonds is 4. The molecule has 0 saturated carbocycles. The first-order chi connectivity index (χ1) is 12.6. The Morgan fingerprint density at radius 3 is 2.42 bits per heavy atom. The van der Waals surface area contributed by atoms with Crippen molar-refractivity contribution >= 4 is 28.7 Å². The first-order valence-corrected chi connectivity index (χ1v) is 8.11. The molecule has 4 nitrogen and oxygen atoms in total. The molecule has 0 spiro atoms. The second kappa shape index (κ2) is 8.07. The molecule has 0 bridgehead atoms. The smallest absolute Gasteiger partial charge is 0.262 e. The van der Waals surface area contributed by atoms with E-state index in [4.69, 9.17) is 0 Å². The van der Waals surface area contributed by atoms with Crippen LogP contribution in [-0.2, 0) is 16.0 Å². The highest BCUT2D eigenvalue weighted by Gasteiger charge is 2.07. The van der Waals surface area contributed by atoms with Crippen molar-refractivity contribution < 1.29 is 14.0 Å². The van der Waals surface area contributed by atoms with Crippen molar-refractivity contribution in [3.8, 4) is 0 Å². The van der Waals surface area contributed by atoms with Gasteiger partial charge in [0.05, 0.1) is 6.42 Å². The van der Waals surface area contributed by atoms with E-state index < -0.39 is 5.91 Å². The lowest BCUT2D eigenvalue weighted by Gasteiger charge is -2.08. The molecule has 130 valence electrons. The van der Waals surface area contributed by atoms with E-state index in [1.807, 2.05) is 42.5 Å². The van der Waals surface area contributed by atoms with E-state index in [-0.39, 0.29) is 18.1 Å². The molecule has 0 aliphatic carbocycles. The van der Waals surface area contributed by atoms with Crippen LogP contribution in [-0.4, -0.2) is 11.8 Å². The van der Waals surface area contributed by atoms with Crippen molar-refractivity contribution in [2.45, 2.75) is 6.42 Å². The van der Waals surface area contributed by atoms with Crippen molar-refractivity contribution in [3.63, 3.8) is 0 Å². The van der Waals surface area contributed by atoms with Gasteiger partial charge in [-0.2, -0.15) is 0 Å². The van der Waals surface area contributed by atoms with Crippen molar-refractivity contribution in [3.05, 3.63) is 89.8 Å². The van der Waals surface area contributed by atoms with Gasteiger partial charge in [-0.05, 0) is 40.1 Å². The average molecular weight is 348 g/mol. The Hall–Kier alpha value is -3.47. The number of amides is 2. The first-order valence-electron chi connectivity index (χ1n) is 8.11. The number of hydrazine groups is 1. The zero-order chi connectivity index (χ0) is 18.4. The summed E-state index contributed by atoms with van der Waals surface area (Å²) in [6.07, 6.45) is 2.96. The molecule has 0 unspecified atom stereocenters. The molecular formula is C21H17FN2O2. The summed E-state index contributed by atoms with van der Waals surface area (Å²) < 4.78 is 12.8. The molecule has 0 fully saturated rings. The Morgan fingerprint density at radius 1 is 0.885 bits per heavy atom. The van der Waals surface area contributed by atoms with E-state index in [1.165, 1.54) is 24.3 Å². The van der Waals surface area contributed by atoms with E-state index in [9.17, 15) is 14.0 Å². The number of benzene rings is 3. The SMILES string of the molecule is O=C(C=Cc1ccc(F)cc1)NNC(=O)Cc1cccc2ccccc12. The topological polar surface area (TPSA) is 58.2 Å². The number of carbonyl (C=O) groups excluding carboxylic acids is 2. The van der Waals surface area contributed by atoms with Gasteiger partial charge in [-0.15, -0.1) is 0 Å². The minimum absolute atomic E-state index is 0.156. The van der Waals surface area contributed by atoms with Crippen molar-refractivity contribution in [1.82, 2.24) is 10.9 Å². The molecule has 2 amide bonds. The summed E-state index contributed by atoms with van der Waals surface area (Å²) in [7, 11) is 0. The molecule has 5 heteroatoms. The standard InChI is InChI=1S/C21H17FN2O2/c22-18-11-8-15(9-12-18)10-13-20(25)23-24-21(26)14-17-6-3-5-16-4-1-2-7-19(16)17/h1-13H,14H2,(H,23,25)(H,24,26). The van der Waals surface area contributed by atoms with Crippen LogP contribution in [0.5, 0.6) is 0 Å². The largest absolute Gasteiger partial charge is 0.273 e. The van der Waals surface area contributed by atoms with Gasteiger partial charge < -0.3 is 0 Å². The highest BCUT2D eigenvalue weighted by Crippen LogP contribution is 2.18. The van der Waals surface area contributed by atoms with Gasteiger partial charge in [0, 0.05) is 6.08 Å². The van der Waals surface area contributed by atoms with Crippen LogP contribution in [0.3, 0.4) is 0 Å². The third kappa shape index (κ3) is 4.54. The fraction of sp³-hybridized carbons (Fsp3) is 0.0476. The molecule has 3 aromatic carbocycles. The number of hydrogen-bond donors (Lipinski definition) is 2. The quantitative estimate of drug-likeness (QED) is 0.561. The maximum absolute atomic E-state index is 12.8. The van der Waals surface area contributed by atoms with Crippen molar-refractivity contribution in [1.29, 1.82) is 0 Å². The molecule has 0 atom stereocenters. The minimum atomic E-state index is -0.472. The van der Waals surface area contributed by atoms with Gasteiger partial charge in [0.15, 0.2) is 0 Å². The van der Waals surface area contributed by atoms with Gasteiger partial charge in [0.25, 0.3) is 5.91 Å². The Labute approximate surface area is 150 Å². The van der Waals surface area contributed by atoms with E-state index >= 15 is 0 Å². The van der Waals surface area contributed by atoms with Gasteiger partial charge in [0.2, 0.25) is 5.91 Å². The summed E-state index contributed by atoms with van der Waals surface area (Å²) in [5, 5.41) is 2.07. The molecule has 26 heavy (non-hydrogen) atoms. The molecule has 0 saturated heterocycles. The monoisotopic (exact) mass is 348 g/mol. The Bertz CT molecular complexity index is 960. The second-order valence-corrected chi connectivity index (χ2v) is 5.74. The fourth-order valence-corrected chi connectivity index (χ4v) is 2.58. The van der Waals surface area contributed by atoms with E-state index in [1.54, 1.807) is 12.1 Å². The first kappa shape index (κ1) is 17.4.